The molecule has 8 nitrogen and oxygen atoms in total. The summed E-state index contributed by atoms with van der Waals surface area (Å²) in [5, 5.41) is 9.64. The number of unbranched alkanes of at least 4 members (excludes halogenated alkanes) is 4. The molecule has 2 aromatic rings. The Hall–Kier alpha value is -4.20. The van der Waals surface area contributed by atoms with Gasteiger partial charge in [0.05, 0.1) is 6.42 Å². The molecule has 8 heteroatoms. The Morgan fingerprint density at radius 3 is 2.00 bits per heavy atom. The monoisotopic (exact) mass is 662 g/mol. The van der Waals surface area contributed by atoms with E-state index in [0.717, 1.165) is 48.8 Å². The minimum atomic E-state index is -0.947. The summed E-state index contributed by atoms with van der Waals surface area (Å²) in [6.45, 7) is 16.4. The summed E-state index contributed by atoms with van der Waals surface area (Å²) in [5.41, 5.74) is 5.31. The van der Waals surface area contributed by atoms with Gasteiger partial charge in [-0.2, -0.15) is 0 Å². The van der Waals surface area contributed by atoms with E-state index in [1.807, 2.05) is 50.3 Å². The molecule has 262 valence electrons. The van der Waals surface area contributed by atoms with Crippen LogP contribution in [0.15, 0.2) is 60.2 Å². The van der Waals surface area contributed by atoms with Gasteiger partial charge in [-0.15, -0.1) is 0 Å². The standard InChI is InChI=1S/C27H36O6.C13H18O2/c1-7-8-9-10-20-12-21(14-26(30)31)27(25(13-20)33-19(6)29)23-11-17(4)24(32-18(5)28)15-22(23)16(2)3;1-3-4-5-7-12-8-6-9-13(10-12)15-11(2)14/h11-13,22-24H,2,7-10,14-15H2,1,3-6H3,(H,30,31);6,8-10H,3-5,7H2,1-2H3/t22-,23+,24?;/m0./s1. The van der Waals surface area contributed by atoms with E-state index < -0.39 is 11.9 Å². The highest BCUT2D eigenvalue weighted by Crippen LogP contribution is 2.46. The molecule has 1 aliphatic rings. The lowest BCUT2D eigenvalue weighted by atomic mass is 9.71. The normalized spacial score (nSPS) is 16.9. The molecule has 48 heavy (non-hydrogen) atoms. The van der Waals surface area contributed by atoms with Crippen molar-refractivity contribution in [3.63, 3.8) is 0 Å². The molecule has 0 saturated carbocycles. The number of esters is 3. The van der Waals surface area contributed by atoms with Gasteiger partial charge in [0.15, 0.2) is 0 Å². The number of hydrogen-bond acceptors (Lipinski definition) is 7. The molecule has 0 amide bonds. The number of benzene rings is 2. The maximum atomic E-state index is 12.0. The molecule has 0 radical (unpaired) electrons. The predicted octanol–water partition coefficient (Wildman–Crippen LogP) is 8.87. The lowest BCUT2D eigenvalue weighted by molar-refractivity contribution is -0.145. The molecule has 1 aliphatic carbocycles. The number of allylic oxidation sites excluding steroid dienone is 2. The van der Waals surface area contributed by atoms with Crippen LogP contribution in [0.1, 0.15) is 122 Å². The third kappa shape index (κ3) is 13.5. The van der Waals surface area contributed by atoms with Gasteiger partial charge in [-0.25, -0.2) is 0 Å². The van der Waals surface area contributed by atoms with Crippen LogP contribution in [0, 0.1) is 5.92 Å². The molecule has 3 rings (SSSR count). The van der Waals surface area contributed by atoms with Crippen LogP contribution in [0.4, 0.5) is 0 Å². The largest absolute Gasteiger partial charge is 0.481 e. The summed E-state index contributed by atoms with van der Waals surface area (Å²) >= 11 is 0. The van der Waals surface area contributed by atoms with E-state index in [-0.39, 0.29) is 36.3 Å². The Bertz CT molecular complexity index is 1420. The average molecular weight is 663 g/mol. The third-order valence-electron chi connectivity index (χ3n) is 8.31. The van der Waals surface area contributed by atoms with E-state index >= 15 is 0 Å². The number of ether oxygens (including phenoxy) is 3. The molecule has 1 unspecified atom stereocenters. The lowest BCUT2D eigenvalue weighted by Gasteiger charge is -2.36. The van der Waals surface area contributed by atoms with Gasteiger partial charge in [-0.3, -0.25) is 19.2 Å². The fraction of sp³-hybridized carbons (Fsp3) is 0.500. The zero-order valence-corrected chi connectivity index (χ0v) is 29.9. The molecule has 3 atom stereocenters. The first-order valence-electron chi connectivity index (χ1n) is 17.1. The summed E-state index contributed by atoms with van der Waals surface area (Å²) in [5.74, 6) is -1.32. The Labute approximate surface area is 286 Å². The molecule has 0 fully saturated rings. The van der Waals surface area contributed by atoms with Crippen LogP contribution in [-0.4, -0.2) is 35.1 Å². The van der Waals surface area contributed by atoms with Gasteiger partial charge in [0.1, 0.15) is 17.6 Å². The van der Waals surface area contributed by atoms with Crippen molar-refractivity contribution >= 4 is 23.9 Å². The first-order valence-corrected chi connectivity index (χ1v) is 17.1. The average Bonchev–Trinajstić information content (AvgIpc) is 2.98. The third-order valence-corrected chi connectivity index (χ3v) is 8.31. The van der Waals surface area contributed by atoms with Crippen molar-refractivity contribution in [1.82, 2.24) is 0 Å². The number of rotatable bonds is 15. The minimum absolute atomic E-state index is 0.106. The number of carboxylic acid groups (broad SMARTS) is 1. The highest BCUT2D eigenvalue weighted by Gasteiger charge is 2.36. The van der Waals surface area contributed by atoms with Crippen molar-refractivity contribution in [2.45, 2.75) is 125 Å². The molecule has 1 N–H and O–H groups in total. The molecule has 0 saturated heterocycles. The van der Waals surface area contributed by atoms with Gasteiger partial charge in [0.25, 0.3) is 0 Å². The van der Waals surface area contributed by atoms with Crippen molar-refractivity contribution < 1.29 is 38.5 Å². The van der Waals surface area contributed by atoms with Crippen molar-refractivity contribution in [3.05, 3.63) is 82.5 Å². The maximum Gasteiger partial charge on any atom is 0.308 e. The number of aliphatic carboxylic acids is 1. The Morgan fingerprint density at radius 2 is 1.46 bits per heavy atom. The van der Waals surface area contributed by atoms with Crippen molar-refractivity contribution in [2.75, 3.05) is 0 Å². The zero-order valence-electron chi connectivity index (χ0n) is 29.9. The summed E-state index contributed by atoms with van der Waals surface area (Å²) < 4.78 is 16.2. The van der Waals surface area contributed by atoms with Gasteiger partial charge in [0.2, 0.25) is 0 Å². The van der Waals surface area contributed by atoms with Crippen molar-refractivity contribution in [2.24, 2.45) is 5.92 Å². The molecule has 2 aromatic carbocycles. The Morgan fingerprint density at radius 1 is 0.833 bits per heavy atom. The quantitative estimate of drug-likeness (QED) is 0.0870. The van der Waals surface area contributed by atoms with Crippen LogP contribution in [0.3, 0.4) is 0 Å². The van der Waals surface area contributed by atoms with Crippen LogP contribution in [0.25, 0.3) is 0 Å². The van der Waals surface area contributed by atoms with Gasteiger partial charge in [-0.05, 0) is 92.3 Å². The topological polar surface area (TPSA) is 116 Å². The summed E-state index contributed by atoms with van der Waals surface area (Å²) in [6.07, 6.45) is 10.6. The van der Waals surface area contributed by atoms with E-state index in [2.05, 4.69) is 26.5 Å². The van der Waals surface area contributed by atoms with Crippen LogP contribution in [-0.2, 0) is 43.2 Å². The van der Waals surface area contributed by atoms with Crippen molar-refractivity contribution in [1.29, 1.82) is 0 Å². The molecule has 0 bridgehead atoms. The summed E-state index contributed by atoms with van der Waals surface area (Å²) in [6, 6.07) is 11.6. The van der Waals surface area contributed by atoms with E-state index in [9.17, 15) is 24.3 Å². The molecular formula is C40H54O8. The second-order valence-electron chi connectivity index (χ2n) is 12.7. The molecule has 0 aromatic heterocycles. The van der Waals surface area contributed by atoms with E-state index in [4.69, 9.17) is 14.2 Å². The number of carbonyl (C=O) groups is 4. The fourth-order valence-corrected chi connectivity index (χ4v) is 6.11. The van der Waals surface area contributed by atoms with Crippen LogP contribution in [0.5, 0.6) is 11.5 Å². The van der Waals surface area contributed by atoms with Gasteiger partial charge in [-0.1, -0.05) is 76.0 Å². The number of aryl methyl sites for hydroxylation is 2. The van der Waals surface area contributed by atoms with Gasteiger partial charge < -0.3 is 19.3 Å². The zero-order chi connectivity index (χ0) is 35.8. The second-order valence-corrected chi connectivity index (χ2v) is 12.7. The Kier molecular flexibility index (Phi) is 16.8. The molecule has 0 aliphatic heterocycles. The summed E-state index contributed by atoms with van der Waals surface area (Å²) in [4.78, 5) is 46.1. The SMILES string of the molecule is C=C(C)[C@@H]1CC(OC(C)=O)C(C)=C[C@H]1c1c(CC(=O)O)cc(CCCCC)cc1OC(C)=O.CCCCCc1cccc(OC(C)=O)c1. The molecular weight excluding hydrogens is 608 g/mol. The lowest BCUT2D eigenvalue weighted by Crippen LogP contribution is -2.30. The minimum Gasteiger partial charge on any atom is -0.481 e. The number of carboxylic acids is 1. The number of hydrogen-bond donors (Lipinski definition) is 1. The van der Waals surface area contributed by atoms with E-state index in [1.165, 1.54) is 45.6 Å². The first kappa shape index (κ1) is 40.0. The van der Waals surface area contributed by atoms with E-state index in [1.54, 1.807) is 0 Å². The second kappa shape index (κ2) is 20.2. The van der Waals surface area contributed by atoms with Crippen LogP contribution in [0.2, 0.25) is 0 Å². The van der Waals surface area contributed by atoms with E-state index in [0.29, 0.717) is 29.0 Å². The van der Waals surface area contributed by atoms with Crippen LogP contribution >= 0.6 is 0 Å². The molecule has 0 heterocycles. The fourth-order valence-electron chi connectivity index (χ4n) is 6.11. The molecule has 0 spiro atoms. The van der Waals surface area contributed by atoms with Crippen LogP contribution < -0.4 is 9.47 Å². The first-order chi connectivity index (χ1) is 22.7. The van der Waals surface area contributed by atoms with Gasteiger partial charge in [0, 0.05) is 32.3 Å². The summed E-state index contributed by atoms with van der Waals surface area (Å²) in [7, 11) is 0. The maximum absolute atomic E-state index is 12.0. The highest BCUT2D eigenvalue weighted by atomic mass is 16.5. The smallest absolute Gasteiger partial charge is 0.308 e. The predicted molar refractivity (Wildman–Crippen MR) is 188 cm³/mol. The number of carbonyl (C=O) groups excluding carboxylic acids is 3. The van der Waals surface area contributed by atoms with Crippen molar-refractivity contribution in [3.8, 4) is 11.5 Å². The Balaban J connectivity index is 0.000000444. The van der Waals surface area contributed by atoms with Gasteiger partial charge >= 0.3 is 23.9 Å². The highest BCUT2D eigenvalue weighted by molar-refractivity contribution is 5.74.